The lowest BCUT2D eigenvalue weighted by atomic mass is 10.6. The van der Waals surface area contributed by atoms with Gasteiger partial charge < -0.3 is 10.1 Å². The lowest BCUT2D eigenvalue weighted by Gasteiger charge is -2.00. The van der Waals surface area contributed by atoms with Gasteiger partial charge in [-0.3, -0.25) is 10.4 Å². The van der Waals surface area contributed by atoms with Crippen LogP contribution in [0.25, 0.3) is 0 Å². The van der Waals surface area contributed by atoms with Crippen molar-refractivity contribution in [3.05, 3.63) is 12.3 Å². The number of aldehydes is 1. The molecular weight excluding hydrogens is 160 g/mol. The highest BCUT2D eigenvalue weighted by Crippen LogP contribution is 1.96. The third-order valence-electron chi connectivity index (χ3n) is 1.09. The van der Waals surface area contributed by atoms with Gasteiger partial charge in [-0.1, -0.05) is 0 Å². The highest BCUT2D eigenvalue weighted by atomic mass is 16.2. The molecule has 64 valence electrons. The molecule has 3 N–H and O–H groups in total. The molecule has 0 saturated carbocycles. The number of hydrogen-bond donors (Lipinski definition) is 3. The molecule has 6 nitrogen and oxygen atoms in total. The van der Waals surface area contributed by atoms with Crippen LogP contribution in [0.15, 0.2) is 12.3 Å². The molecule has 0 aromatic carbocycles. The molecule has 2 amide bonds. The number of aromatic amines is 1. The van der Waals surface area contributed by atoms with Gasteiger partial charge in [0.2, 0.25) is 0 Å². The van der Waals surface area contributed by atoms with Crippen molar-refractivity contribution in [3.63, 3.8) is 0 Å². The van der Waals surface area contributed by atoms with Crippen LogP contribution >= 0.6 is 0 Å². The van der Waals surface area contributed by atoms with Crippen molar-refractivity contribution in [2.75, 3.05) is 11.9 Å². The smallest absolute Gasteiger partial charge is 0.320 e. The van der Waals surface area contributed by atoms with Crippen LogP contribution in [0.3, 0.4) is 0 Å². The summed E-state index contributed by atoms with van der Waals surface area (Å²) in [5.74, 6) is 0.485. The molecule has 0 aliphatic rings. The quantitative estimate of drug-likeness (QED) is 0.543. The maximum Gasteiger partial charge on any atom is 0.320 e. The number of anilines is 1. The number of nitrogens with zero attached hydrogens (tertiary/aromatic N) is 1. The molecule has 12 heavy (non-hydrogen) atoms. The van der Waals surface area contributed by atoms with E-state index in [0.29, 0.717) is 12.1 Å². The first-order chi connectivity index (χ1) is 5.83. The zero-order chi connectivity index (χ0) is 8.81. The van der Waals surface area contributed by atoms with E-state index in [0.717, 1.165) is 0 Å². The number of carbonyl (C=O) groups excluding carboxylic acids is 2. The molecule has 0 aliphatic heterocycles. The number of H-pyrrole nitrogens is 1. The first-order valence-electron chi connectivity index (χ1n) is 3.31. The topological polar surface area (TPSA) is 86.9 Å². The molecule has 0 unspecified atom stereocenters. The van der Waals surface area contributed by atoms with Crippen molar-refractivity contribution in [3.8, 4) is 0 Å². The first-order valence-corrected chi connectivity index (χ1v) is 3.31. The van der Waals surface area contributed by atoms with E-state index in [4.69, 9.17) is 0 Å². The van der Waals surface area contributed by atoms with E-state index in [-0.39, 0.29) is 6.54 Å². The van der Waals surface area contributed by atoms with Gasteiger partial charge in [-0.25, -0.2) is 4.79 Å². The molecule has 0 fully saturated rings. The molecule has 0 spiro atoms. The SMILES string of the molecule is O=CCNC(=O)Nc1ccn[nH]1. The summed E-state index contributed by atoms with van der Waals surface area (Å²) in [5, 5.41) is 10.9. The van der Waals surface area contributed by atoms with Gasteiger partial charge in [0.15, 0.2) is 0 Å². The Morgan fingerprint density at radius 1 is 1.75 bits per heavy atom. The lowest BCUT2D eigenvalue weighted by molar-refractivity contribution is -0.107. The summed E-state index contributed by atoms with van der Waals surface area (Å²) in [6.07, 6.45) is 2.11. The third kappa shape index (κ3) is 2.41. The predicted octanol–water partition coefficient (Wildman–Crippen LogP) is -0.270. The van der Waals surface area contributed by atoms with Crippen LogP contribution in [-0.2, 0) is 4.79 Å². The van der Waals surface area contributed by atoms with Crippen LogP contribution in [0.4, 0.5) is 10.6 Å². The number of urea groups is 1. The standard InChI is InChI=1S/C6H8N4O2/c11-4-3-7-6(12)9-5-1-2-8-10-5/h1-2,4H,3H2,(H3,7,8,9,10,12). The Bertz CT molecular complexity index is 257. The molecule has 0 aliphatic carbocycles. The summed E-state index contributed by atoms with van der Waals surface area (Å²) in [5.41, 5.74) is 0. The molecule has 0 atom stereocenters. The van der Waals surface area contributed by atoms with Crippen LogP contribution in [0.1, 0.15) is 0 Å². The molecule has 1 aromatic heterocycles. The van der Waals surface area contributed by atoms with E-state index in [1.54, 1.807) is 6.07 Å². The van der Waals surface area contributed by atoms with Gasteiger partial charge in [-0.2, -0.15) is 5.10 Å². The summed E-state index contributed by atoms with van der Waals surface area (Å²) in [6.45, 7) is -0.0000293. The molecule has 0 radical (unpaired) electrons. The Morgan fingerprint density at radius 3 is 3.17 bits per heavy atom. The van der Waals surface area contributed by atoms with Crippen molar-refractivity contribution < 1.29 is 9.59 Å². The Hall–Kier alpha value is -1.85. The van der Waals surface area contributed by atoms with Gasteiger partial charge in [-0.05, 0) is 0 Å². The highest BCUT2D eigenvalue weighted by molar-refractivity contribution is 5.89. The van der Waals surface area contributed by atoms with Gasteiger partial charge in [0.1, 0.15) is 12.1 Å². The van der Waals surface area contributed by atoms with Gasteiger partial charge in [-0.15, -0.1) is 0 Å². The Kier molecular flexibility index (Phi) is 2.83. The summed E-state index contributed by atoms with van der Waals surface area (Å²) in [6, 6.07) is 1.16. The summed E-state index contributed by atoms with van der Waals surface area (Å²) in [7, 11) is 0. The normalized spacial score (nSPS) is 9.00. The zero-order valence-corrected chi connectivity index (χ0v) is 6.20. The van der Waals surface area contributed by atoms with E-state index in [1.807, 2.05) is 0 Å². The van der Waals surface area contributed by atoms with Gasteiger partial charge in [0.25, 0.3) is 0 Å². The fourth-order valence-electron chi connectivity index (χ4n) is 0.626. The van der Waals surface area contributed by atoms with Crippen molar-refractivity contribution in [1.82, 2.24) is 15.5 Å². The summed E-state index contributed by atoms with van der Waals surface area (Å²) >= 11 is 0. The first kappa shape index (κ1) is 8.25. The minimum absolute atomic E-state index is 0.0000293. The number of amides is 2. The summed E-state index contributed by atoms with van der Waals surface area (Å²) < 4.78 is 0. The molecule has 0 bridgehead atoms. The average molecular weight is 168 g/mol. The monoisotopic (exact) mass is 168 g/mol. The van der Waals surface area contributed by atoms with Gasteiger partial charge >= 0.3 is 6.03 Å². The fourth-order valence-corrected chi connectivity index (χ4v) is 0.626. The van der Waals surface area contributed by atoms with Crippen molar-refractivity contribution >= 4 is 18.1 Å². The second-order valence-electron chi connectivity index (χ2n) is 1.97. The largest absolute Gasteiger partial charge is 0.331 e. The van der Waals surface area contributed by atoms with E-state index in [1.165, 1.54) is 6.20 Å². The van der Waals surface area contributed by atoms with Crippen LogP contribution in [0.5, 0.6) is 0 Å². The summed E-state index contributed by atoms with van der Waals surface area (Å²) in [4.78, 5) is 20.7. The highest BCUT2D eigenvalue weighted by Gasteiger charge is 1.99. The number of carbonyl (C=O) groups is 2. The molecule has 1 rings (SSSR count). The molecule has 0 saturated heterocycles. The minimum atomic E-state index is -0.439. The minimum Gasteiger partial charge on any atom is -0.331 e. The Balaban J connectivity index is 2.32. The lowest BCUT2D eigenvalue weighted by Crippen LogP contribution is -2.30. The maximum absolute atomic E-state index is 10.8. The van der Waals surface area contributed by atoms with Crippen molar-refractivity contribution in [2.45, 2.75) is 0 Å². The fraction of sp³-hybridized carbons (Fsp3) is 0.167. The van der Waals surface area contributed by atoms with Crippen LogP contribution in [0, 0.1) is 0 Å². The number of hydrogen-bond acceptors (Lipinski definition) is 3. The maximum atomic E-state index is 10.8. The van der Waals surface area contributed by atoms with Crippen LogP contribution in [-0.4, -0.2) is 29.1 Å². The van der Waals surface area contributed by atoms with Gasteiger partial charge in [0.05, 0.1) is 12.7 Å². The molecule has 1 heterocycles. The van der Waals surface area contributed by atoms with E-state index in [2.05, 4.69) is 20.8 Å². The van der Waals surface area contributed by atoms with E-state index in [9.17, 15) is 9.59 Å². The number of nitrogens with one attached hydrogen (secondary N) is 3. The molecular formula is C6H8N4O2. The second-order valence-corrected chi connectivity index (χ2v) is 1.97. The predicted molar refractivity (Wildman–Crippen MR) is 41.7 cm³/mol. The Labute approximate surface area is 68.3 Å². The molecule has 1 aromatic rings. The second kappa shape index (κ2) is 4.12. The van der Waals surface area contributed by atoms with E-state index < -0.39 is 6.03 Å². The van der Waals surface area contributed by atoms with E-state index >= 15 is 0 Å². The Morgan fingerprint density at radius 2 is 2.58 bits per heavy atom. The third-order valence-corrected chi connectivity index (χ3v) is 1.09. The average Bonchev–Trinajstić information content (AvgIpc) is 2.53. The number of aromatic nitrogens is 2. The molecule has 6 heteroatoms. The van der Waals surface area contributed by atoms with Crippen molar-refractivity contribution in [1.29, 1.82) is 0 Å². The zero-order valence-electron chi connectivity index (χ0n) is 6.20. The van der Waals surface area contributed by atoms with Crippen LogP contribution in [0.2, 0.25) is 0 Å². The van der Waals surface area contributed by atoms with Crippen LogP contribution < -0.4 is 10.6 Å². The van der Waals surface area contributed by atoms with Gasteiger partial charge in [0, 0.05) is 6.07 Å². The number of rotatable bonds is 3. The van der Waals surface area contributed by atoms with Crippen molar-refractivity contribution in [2.24, 2.45) is 0 Å².